The lowest BCUT2D eigenvalue weighted by Crippen LogP contribution is -2.55. The summed E-state index contributed by atoms with van der Waals surface area (Å²) in [5.74, 6) is 3.07. The van der Waals surface area contributed by atoms with Crippen molar-refractivity contribution in [3.63, 3.8) is 0 Å². The first-order valence-electron chi connectivity index (χ1n) is 21.8. The Labute approximate surface area is 345 Å². The smallest absolute Gasteiger partial charge is 0.319 e. The minimum atomic E-state index is -0.134. The highest BCUT2D eigenvalue weighted by Gasteiger charge is 2.53. The van der Waals surface area contributed by atoms with Crippen LogP contribution in [0.1, 0.15) is 71.1 Å². The van der Waals surface area contributed by atoms with E-state index in [2.05, 4.69) is 56.2 Å². The third-order valence-corrected chi connectivity index (χ3v) is 13.4. The molecule has 0 spiro atoms. The maximum atomic E-state index is 12.4. The molecule has 2 amide bonds. The molecule has 4 aliphatic carbocycles. The van der Waals surface area contributed by atoms with Crippen LogP contribution in [0.25, 0.3) is 0 Å². The molecule has 0 radical (unpaired) electrons. The Morgan fingerprint density at radius 2 is 1.58 bits per heavy atom. The van der Waals surface area contributed by atoms with Crippen LogP contribution in [-0.4, -0.2) is 117 Å². The molecule has 11 nitrogen and oxygen atoms in total. The van der Waals surface area contributed by atoms with Crippen molar-refractivity contribution in [2.45, 2.75) is 101 Å². The van der Waals surface area contributed by atoms with Crippen molar-refractivity contribution in [2.24, 2.45) is 17.8 Å². The molecule has 2 aromatic carbocycles. The van der Waals surface area contributed by atoms with E-state index in [1.54, 1.807) is 5.57 Å². The predicted molar refractivity (Wildman–Crippen MR) is 229 cm³/mol. The van der Waals surface area contributed by atoms with Gasteiger partial charge in [-0.3, -0.25) is 9.80 Å². The number of hydrogen-bond acceptors (Lipinski definition) is 8. The fourth-order valence-corrected chi connectivity index (χ4v) is 10.8. The second-order valence-corrected chi connectivity index (χ2v) is 18.0. The Balaban J connectivity index is 0.684. The van der Waals surface area contributed by atoms with Gasteiger partial charge >= 0.3 is 6.03 Å². The number of fused-ring (bicyclic) bond motifs is 1. The SMILES string of the molecule is CC1C=C2CC3CC(NC(=S)Nc4cccc(OCCCN5CCOC(C6CN(CCCOC7CCC(NC(=O)Nc8ccccc8)CC7)CCO6)C5)c4)(C1)CC23. The zero-order valence-corrected chi connectivity index (χ0v) is 34.6. The average Bonchev–Trinajstić information content (AvgIpc) is 3.42. The van der Waals surface area contributed by atoms with Gasteiger partial charge in [0.05, 0.1) is 38.1 Å². The topological polar surface area (TPSA) is 109 Å². The number of amides is 2. The molecule has 310 valence electrons. The van der Waals surface area contributed by atoms with Gasteiger partial charge in [-0.2, -0.15) is 0 Å². The summed E-state index contributed by atoms with van der Waals surface area (Å²) < 4.78 is 25.0. The van der Waals surface area contributed by atoms with Crippen LogP contribution in [0.4, 0.5) is 16.2 Å². The van der Waals surface area contributed by atoms with E-state index in [0.29, 0.717) is 12.5 Å². The number of ether oxygens (including phenoxy) is 4. The summed E-state index contributed by atoms with van der Waals surface area (Å²) in [4.78, 5) is 17.4. The average molecular weight is 801 g/mol. The van der Waals surface area contributed by atoms with Gasteiger partial charge < -0.3 is 40.2 Å². The summed E-state index contributed by atoms with van der Waals surface area (Å²) in [5, 5.41) is 14.0. The molecular formula is C45H64N6O5S. The van der Waals surface area contributed by atoms with Gasteiger partial charge in [0.15, 0.2) is 5.11 Å². The van der Waals surface area contributed by atoms with Crippen molar-refractivity contribution in [3.8, 4) is 5.75 Å². The molecule has 8 rings (SSSR count). The molecule has 2 bridgehead atoms. The lowest BCUT2D eigenvalue weighted by atomic mass is 9.70. The van der Waals surface area contributed by atoms with E-state index < -0.39 is 0 Å². The molecule has 6 unspecified atom stereocenters. The first-order chi connectivity index (χ1) is 27.8. The fourth-order valence-electron chi connectivity index (χ4n) is 10.5. The standard InChI is InChI=1S/C45H64N6O5S/c1-32-24-33-25-34-28-45(27-32,29-40(33)34)49-44(57)48-37-10-5-11-39(26-37)54-21-7-17-51-19-23-56-42(31-51)41-30-50(18-22-55-41)16-6-20-53-38-14-12-36(13-15-38)47-43(52)46-35-8-3-2-4-9-35/h2-5,8-11,24,26,32,34,36,38,40-42H,6-7,12-23,25,27-31H2,1H3,(H2,46,47,52)(H2,48,49,57). The molecule has 4 N–H and O–H groups in total. The molecule has 2 aromatic rings. The van der Waals surface area contributed by atoms with E-state index >= 15 is 0 Å². The number of anilines is 2. The minimum Gasteiger partial charge on any atom is -0.493 e. The molecule has 57 heavy (non-hydrogen) atoms. The van der Waals surface area contributed by atoms with Gasteiger partial charge in [-0.1, -0.05) is 42.8 Å². The Bertz CT molecular complexity index is 1670. The van der Waals surface area contributed by atoms with Gasteiger partial charge in [0.25, 0.3) is 0 Å². The summed E-state index contributed by atoms with van der Waals surface area (Å²) in [7, 11) is 0. The monoisotopic (exact) mass is 800 g/mol. The van der Waals surface area contributed by atoms with Crippen LogP contribution in [0.5, 0.6) is 5.75 Å². The minimum absolute atomic E-state index is 0.0796. The molecule has 0 aromatic heterocycles. The van der Waals surface area contributed by atoms with Crippen molar-refractivity contribution in [2.75, 3.05) is 76.3 Å². The van der Waals surface area contributed by atoms with Crippen LogP contribution < -0.4 is 26.0 Å². The van der Waals surface area contributed by atoms with Crippen LogP contribution in [0.15, 0.2) is 66.2 Å². The molecule has 6 aliphatic rings. The molecular weight excluding hydrogens is 737 g/mol. The van der Waals surface area contributed by atoms with Crippen molar-refractivity contribution in [1.29, 1.82) is 0 Å². The van der Waals surface area contributed by atoms with Gasteiger partial charge in [0, 0.05) is 74.9 Å². The summed E-state index contributed by atoms with van der Waals surface area (Å²) >= 11 is 5.84. The molecule has 2 heterocycles. The lowest BCUT2D eigenvalue weighted by Gasteiger charge is -2.41. The van der Waals surface area contributed by atoms with Gasteiger partial charge in [0.1, 0.15) is 5.75 Å². The quantitative estimate of drug-likeness (QED) is 0.0872. The predicted octanol–water partition coefficient (Wildman–Crippen LogP) is 6.82. The van der Waals surface area contributed by atoms with E-state index in [1.807, 2.05) is 42.5 Å². The summed E-state index contributed by atoms with van der Waals surface area (Å²) in [6, 6.07) is 17.8. The number of benzene rings is 2. The maximum Gasteiger partial charge on any atom is 0.319 e. The molecule has 6 atom stereocenters. The number of nitrogens with one attached hydrogen (secondary N) is 4. The van der Waals surface area contributed by atoms with Gasteiger partial charge in [-0.15, -0.1) is 0 Å². The van der Waals surface area contributed by atoms with E-state index in [4.69, 9.17) is 31.2 Å². The van der Waals surface area contributed by atoms with Crippen LogP contribution in [0, 0.1) is 17.8 Å². The Morgan fingerprint density at radius 1 is 0.860 bits per heavy atom. The molecule has 2 saturated heterocycles. The molecule has 3 saturated carbocycles. The highest BCUT2D eigenvalue weighted by atomic mass is 32.1. The normalized spacial score (nSPS) is 31.3. The van der Waals surface area contributed by atoms with E-state index in [1.165, 1.54) is 19.3 Å². The number of rotatable bonds is 15. The Kier molecular flexibility index (Phi) is 13.7. The zero-order chi connectivity index (χ0) is 39.0. The number of allylic oxidation sites excluding steroid dienone is 2. The maximum absolute atomic E-state index is 12.4. The number of morpholine rings is 2. The number of carbonyl (C=O) groups is 1. The van der Waals surface area contributed by atoms with Gasteiger partial charge in [-0.25, -0.2) is 4.79 Å². The van der Waals surface area contributed by atoms with Crippen molar-refractivity contribution >= 4 is 34.7 Å². The van der Waals surface area contributed by atoms with Crippen LogP contribution in [0.3, 0.4) is 0 Å². The highest BCUT2D eigenvalue weighted by Crippen LogP contribution is 2.58. The summed E-state index contributed by atoms with van der Waals surface area (Å²) in [6.07, 6.45) is 13.7. The summed E-state index contributed by atoms with van der Waals surface area (Å²) in [5.41, 5.74) is 3.58. The van der Waals surface area contributed by atoms with Crippen LogP contribution >= 0.6 is 12.2 Å². The number of urea groups is 1. The third kappa shape index (κ3) is 11.1. The number of nitrogens with zero attached hydrogens (tertiary/aromatic N) is 2. The van der Waals surface area contributed by atoms with Gasteiger partial charge in [-0.05, 0) is 118 Å². The first kappa shape index (κ1) is 40.5. The van der Waals surface area contributed by atoms with Crippen molar-refractivity contribution in [3.05, 3.63) is 66.2 Å². The van der Waals surface area contributed by atoms with Crippen LogP contribution in [-0.2, 0) is 14.2 Å². The zero-order valence-electron chi connectivity index (χ0n) is 33.8. The Hall–Kier alpha value is -3.26. The Morgan fingerprint density at radius 3 is 2.33 bits per heavy atom. The molecule has 5 fully saturated rings. The molecule has 2 aliphatic heterocycles. The van der Waals surface area contributed by atoms with Crippen molar-refractivity contribution < 1.29 is 23.7 Å². The second kappa shape index (κ2) is 19.2. The first-order valence-corrected chi connectivity index (χ1v) is 22.2. The van der Waals surface area contributed by atoms with Gasteiger partial charge in [0.2, 0.25) is 0 Å². The number of thiocarbonyl (C=S) groups is 1. The summed E-state index contributed by atoms with van der Waals surface area (Å²) in [6.45, 7) is 10.9. The fraction of sp³-hybridized carbons (Fsp3) is 0.644. The van der Waals surface area contributed by atoms with Crippen LogP contribution in [0.2, 0.25) is 0 Å². The van der Waals surface area contributed by atoms with E-state index in [9.17, 15) is 4.79 Å². The van der Waals surface area contributed by atoms with E-state index in [0.717, 1.165) is 138 Å². The number of carbonyl (C=O) groups excluding carboxylic acids is 1. The third-order valence-electron chi connectivity index (χ3n) is 13.2. The number of hydrogen-bond donors (Lipinski definition) is 4. The van der Waals surface area contributed by atoms with Crippen molar-refractivity contribution in [1.82, 2.24) is 20.4 Å². The molecule has 12 heteroatoms. The number of para-hydroxylation sites is 1. The lowest BCUT2D eigenvalue weighted by molar-refractivity contribution is -0.139. The second-order valence-electron chi connectivity index (χ2n) is 17.6. The largest absolute Gasteiger partial charge is 0.493 e. The van der Waals surface area contributed by atoms with E-state index in [-0.39, 0.29) is 35.9 Å². The highest BCUT2D eigenvalue weighted by molar-refractivity contribution is 7.80.